The van der Waals surface area contributed by atoms with Gasteiger partial charge < -0.3 is 0 Å². The van der Waals surface area contributed by atoms with Gasteiger partial charge in [-0.25, -0.2) is 8.42 Å². The Balaban J connectivity index is 3.07. The van der Waals surface area contributed by atoms with Gasteiger partial charge >= 0.3 is 0 Å². The van der Waals surface area contributed by atoms with Crippen molar-refractivity contribution in [2.75, 3.05) is 11.0 Å². The first-order valence-corrected chi connectivity index (χ1v) is 6.48. The zero-order valence-corrected chi connectivity index (χ0v) is 9.56. The van der Waals surface area contributed by atoms with Gasteiger partial charge in [-0.2, -0.15) is 0 Å². The number of benzene rings is 1. The third-order valence-corrected chi connectivity index (χ3v) is 2.21. The monoisotopic (exact) mass is 223 g/mol. The quantitative estimate of drug-likeness (QED) is 0.777. The molecule has 0 fully saturated rings. The maximum absolute atomic E-state index is 11.1. The van der Waals surface area contributed by atoms with E-state index in [1.54, 1.807) is 18.2 Å². The van der Waals surface area contributed by atoms with Gasteiger partial charge in [-0.15, -0.1) is 0 Å². The van der Waals surface area contributed by atoms with E-state index in [4.69, 9.17) is 0 Å². The van der Waals surface area contributed by atoms with Crippen LogP contribution in [0.3, 0.4) is 0 Å². The topological polar surface area (TPSA) is 46.2 Å². The third-order valence-electron chi connectivity index (χ3n) is 1.62. The fourth-order valence-electron chi connectivity index (χ4n) is 1.06. The Labute approximate surface area is 90.6 Å². The van der Waals surface area contributed by atoms with Gasteiger partial charge in [0.1, 0.15) is 0 Å². The lowest BCUT2D eigenvalue weighted by molar-refractivity contribution is 0.607. The van der Waals surface area contributed by atoms with Crippen molar-refractivity contribution in [3.63, 3.8) is 0 Å². The molecule has 0 aliphatic carbocycles. The van der Waals surface area contributed by atoms with Crippen LogP contribution in [0.5, 0.6) is 0 Å². The number of hydrogen-bond donors (Lipinski definition) is 1. The molecule has 0 unspecified atom stereocenters. The summed E-state index contributed by atoms with van der Waals surface area (Å²) in [5, 5.41) is 0. The number of anilines is 1. The molecule has 0 saturated heterocycles. The number of rotatable bonds is 2. The lowest BCUT2D eigenvalue weighted by Gasteiger charge is -2.05. The smallest absolute Gasteiger partial charge is 0.229 e. The van der Waals surface area contributed by atoms with Gasteiger partial charge in [0.15, 0.2) is 0 Å². The van der Waals surface area contributed by atoms with Crippen molar-refractivity contribution in [3.8, 4) is 11.8 Å². The van der Waals surface area contributed by atoms with Crippen molar-refractivity contribution in [1.29, 1.82) is 0 Å². The van der Waals surface area contributed by atoms with Gasteiger partial charge in [0, 0.05) is 12.0 Å². The minimum Gasteiger partial charge on any atom is -0.283 e. The van der Waals surface area contributed by atoms with Gasteiger partial charge in [0.05, 0.1) is 11.9 Å². The summed E-state index contributed by atoms with van der Waals surface area (Å²) in [6, 6.07) is 7.08. The summed E-state index contributed by atoms with van der Waals surface area (Å²) >= 11 is 0. The molecule has 1 aromatic carbocycles. The first-order chi connectivity index (χ1) is 7.03. The molecule has 0 aliphatic heterocycles. The van der Waals surface area contributed by atoms with Crippen LogP contribution in [0.25, 0.3) is 0 Å². The molecule has 0 aliphatic rings. The Morgan fingerprint density at radius 3 is 2.60 bits per heavy atom. The molecule has 1 N–H and O–H groups in total. The Kier molecular flexibility index (Phi) is 3.75. The van der Waals surface area contributed by atoms with Gasteiger partial charge in [-0.05, 0) is 12.1 Å². The average molecular weight is 223 g/mol. The van der Waals surface area contributed by atoms with Crippen molar-refractivity contribution in [2.24, 2.45) is 0 Å². The molecule has 4 heteroatoms. The predicted molar refractivity (Wildman–Crippen MR) is 62.1 cm³/mol. The first-order valence-electron chi connectivity index (χ1n) is 4.58. The lowest BCUT2D eigenvalue weighted by atomic mass is 10.2. The van der Waals surface area contributed by atoms with Crippen LogP contribution in [0.1, 0.15) is 18.9 Å². The van der Waals surface area contributed by atoms with E-state index < -0.39 is 10.0 Å². The highest BCUT2D eigenvalue weighted by molar-refractivity contribution is 7.92. The number of para-hydroxylation sites is 1. The Morgan fingerprint density at radius 2 is 2.00 bits per heavy atom. The van der Waals surface area contributed by atoms with Crippen LogP contribution in [0.4, 0.5) is 5.69 Å². The summed E-state index contributed by atoms with van der Waals surface area (Å²) in [5.74, 6) is 5.81. The number of nitrogens with one attached hydrogen (secondary N) is 1. The molecule has 0 bridgehead atoms. The van der Waals surface area contributed by atoms with Crippen molar-refractivity contribution in [1.82, 2.24) is 0 Å². The highest BCUT2D eigenvalue weighted by atomic mass is 32.2. The number of hydrogen-bond acceptors (Lipinski definition) is 2. The van der Waals surface area contributed by atoms with Crippen LogP contribution in [0.2, 0.25) is 0 Å². The maximum Gasteiger partial charge on any atom is 0.229 e. The van der Waals surface area contributed by atoms with Crippen LogP contribution < -0.4 is 4.72 Å². The van der Waals surface area contributed by atoms with E-state index in [0.717, 1.165) is 12.7 Å². The highest BCUT2D eigenvalue weighted by Crippen LogP contribution is 2.14. The van der Waals surface area contributed by atoms with Gasteiger partial charge in [0.25, 0.3) is 0 Å². The molecule has 15 heavy (non-hydrogen) atoms. The fraction of sp³-hybridized carbons (Fsp3) is 0.273. The molecule has 3 nitrogen and oxygen atoms in total. The minimum atomic E-state index is -3.24. The van der Waals surface area contributed by atoms with Crippen molar-refractivity contribution in [2.45, 2.75) is 13.3 Å². The largest absolute Gasteiger partial charge is 0.283 e. The average Bonchev–Trinajstić information content (AvgIpc) is 2.14. The summed E-state index contributed by atoms with van der Waals surface area (Å²) in [4.78, 5) is 0. The van der Waals surface area contributed by atoms with Crippen LogP contribution in [0.15, 0.2) is 24.3 Å². The van der Waals surface area contributed by atoms with E-state index in [-0.39, 0.29) is 0 Å². The van der Waals surface area contributed by atoms with E-state index in [0.29, 0.717) is 11.3 Å². The van der Waals surface area contributed by atoms with Crippen LogP contribution in [-0.4, -0.2) is 14.7 Å². The summed E-state index contributed by atoms with van der Waals surface area (Å²) in [6.45, 7) is 1.94. The van der Waals surface area contributed by atoms with E-state index in [1.165, 1.54) is 0 Å². The standard InChI is InChI=1S/C11H13NO2S/c1-3-4-7-10-8-5-6-9-11(10)12-15(2,13)14/h5-6,8-9,12H,3H2,1-2H3. The molecule has 0 radical (unpaired) electrons. The van der Waals surface area contributed by atoms with Crippen LogP contribution in [0, 0.1) is 11.8 Å². The zero-order valence-electron chi connectivity index (χ0n) is 8.74. The molecule has 1 rings (SSSR count). The molecule has 0 saturated carbocycles. The molecule has 1 aromatic rings. The van der Waals surface area contributed by atoms with Gasteiger partial charge in [-0.1, -0.05) is 30.9 Å². The molecular weight excluding hydrogens is 210 g/mol. The molecule has 0 aromatic heterocycles. The molecule has 0 atom stereocenters. The Bertz CT molecular complexity index is 495. The highest BCUT2D eigenvalue weighted by Gasteiger charge is 2.04. The van der Waals surface area contributed by atoms with E-state index in [2.05, 4.69) is 16.6 Å². The van der Waals surface area contributed by atoms with E-state index in [1.807, 2.05) is 13.0 Å². The normalized spacial score (nSPS) is 10.3. The third kappa shape index (κ3) is 4.05. The fourth-order valence-corrected chi connectivity index (χ4v) is 1.64. The van der Waals surface area contributed by atoms with E-state index in [9.17, 15) is 8.42 Å². The summed E-state index contributed by atoms with van der Waals surface area (Å²) in [6.07, 6.45) is 1.87. The summed E-state index contributed by atoms with van der Waals surface area (Å²) < 4.78 is 24.6. The molecule has 0 amide bonds. The van der Waals surface area contributed by atoms with Gasteiger partial charge in [-0.3, -0.25) is 4.72 Å². The Hall–Kier alpha value is -1.47. The SMILES string of the molecule is CCC#Cc1ccccc1NS(C)(=O)=O. The minimum absolute atomic E-state index is 0.529. The summed E-state index contributed by atoms with van der Waals surface area (Å²) in [5.41, 5.74) is 1.23. The lowest BCUT2D eigenvalue weighted by Crippen LogP contribution is -2.10. The second-order valence-electron chi connectivity index (χ2n) is 3.08. The molecule has 0 spiro atoms. The van der Waals surface area contributed by atoms with Crippen molar-refractivity contribution < 1.29 is 8.42 Å². The van der Waals surface area contributed by atoms with Crippen LogP contribution >= 0.6 is 0 Å². The predicted octanol–water partition coefficient (Wildman–Crippen LogP) is 1.82. The van der Waals surface area contributed by atoms with Gasteiger partial charge in [0.2, 0.25) is 10.0 Å². The Morgan fingerprint density at radius 1 is 1.33 bits per heavy atom. The maximum atomic E-state index is 11.1. The van der Waals surface area contributed by atoms with Crippen LogP contribution in [-0.2, 0) is 10.0 Å². The molecular formula is C11H13NO2S. The summed E-state index contributed by atoms with van der Waals surface area (Å²) in [7, 11) is -3.24. The van der Waals surface area contributed by atoms with Crippen molar-refractivity contribution >= 4 is 15.7 Å². The molecule has 80 valence electrons. The second-order valence-corrected chi connectivity index (χ2v) is 4.82. The van der Waals surface area contributed by atoms with Crippen molar-refractivity contribution in [3.05, 3.63) is 29.8 Å². The second kappa shape index (κ2) is 4.85. The van der Waals surface area contributed by atoms with E-state index >= 15 is 0 Å². The molecule has 0 heterocycles. The number of sulfonamides is 1. The zero-order chi connectivity index (χ0) is 11.3. The first kappa shape index (κ1) is 11.6.